The number of aromatic amines is 1. The number of anilines is 1. The zero-order valence-corrected chi connectivity index (χ0v) is 11.0. The van der Waals surface area contributed by atoms with Crippen LogP contribution in [0.4, 0.5) is 5.82 Å². The zero-order chi connectivity index (χ0) is 13.4. The van der Waals surface area contributed by atoms with Crippen molar-refractivity contribution >= 4 is 11.5 Å². The summed E-state index contributed by atoms with van der Waals surface area (Å²) in [5.74, 6) is 1.32. The van der Waals surface area contributed by atoms with Gasteiger partial charge in [-0.1, -0.05) is 0 Å². The molecule has 0 saturated carbocycles. The van der Waals surface area contributed by atoms with Crippen molar-refractivity contribution < 1.29 is 4.74 Å². The van der Waals surface area contributed by atoms with Crippen LogP contribution in [0.25, 0.3) is 5.65 Å². The summed E-state index contributed by atoms with van der Waals surface area (Å²) in [6, 6.07) is 1.94. The number of aromatic nitrogens is 4. The second-order valence-electron chi connectivity index (χ2n) is 4.90. The summed E-state index contributed by atoms with van der Waals surface area (Å²) in [4.78, 5) is 15.9. The molecule has 0 spiro atoms. The molecule has 1 aliphatic heterocycles. The zero-order valence-electron chi connectivity index (χ0n) is 11.0. The van der Waals surface area contributed by atoms with Gasteiger partial charge < -0.3 is 10.1 Å². The first kappa shape index (κ1) is 12.2. The van der Waals surface area contributed by atoms with Crippen LogP contribution >= 0.6 is 0 Å². The number of H-pyrrole nitrogens is 1. The van der Waals surface area contributed by atoms with Gasteiger partial charge in [0.2, 0.25) is 0 Å². The molecule has 7 nitrogen and oxygen atoms in total. The van der Waals surface area contributed by atoms with Crippen LogP contribution in [0.15, 0.2) is 10.9 Å². The maximum absolute atomic E-state index is 11.5. The van der Waals surface area contributed by atoms with Gasteiger partial charge in [-0.05, 0) is 26.7 Å². The number of nitrogens with zero attached hydrogens (tertiary/aromatic N) is 3. The van der Waals surface area contributed by atoms with Gasteiger partial charge in [-0.15, -0.1) is 0 Å². The Morgan fingerprint density at radius 2 is 2.47 bits per heavy atom. The van der Waals surface area contributed by atoms with Crippen LogP contribution in [0.1, 0.15) is 25.6 Å². The second-order valence-corrected chi connectivity index (χ2v) is 4.90. The van der Waals surface area contributed by atoms with Gasteiger partial charge in [0.15, 0.2) is 5.65 Å². The highest BCUT2D eigenvalue weighted by Crippen LogP contribution is 2.18. The minimum absolute atomic E-state index is 0.183. The number of nitrogens with one attached hydrogen (secondary N) is 2. The Hall–Kier alpha value is -1.89. The predicted octanol–water partition coefficient (Wildman–Crippen LogP) is 0.705. The molecule has 1 fully saturated rings. The molecule has 102 valence electrons. The molecule has 1 aliphatic rings. The van der Waals surface area contributed by atoms with E-state index in [1.54, 1.807) is 13.0 Å². The number of aryl methyl sites for hydroxylation is 1. The monoisotopic (exact) mass is 263 g/mol. The van der Waals surface area contributed by atoms with E-state index in [4.69, 9.17) is 4.74 Å². The topological polar surface area (TPSA) is 84.3 Å². The molecule has 2 aromatic rings. The maximum Gasteiger partial charge on any atom is 0.349 e. The Labute approximate surface area is 110 Å². The van der Waals surface area contributed by atoms with Gasteiger partial charge in [0.05, 0.1) is 12.1 Å². The SMILES string of the molecule is Cc1nc(NC(C)C2CCCO2)cc2n[nH]c(=O)n12. The van der Waals surface area contributed by atoms with E-state index in [1.807, 2.05) is 0 Å². The average molecular weight is 263 g/mol. The lowest BCUT2D eigenvalue weighted by molar-refractivity contribution is 0.0995. The molecular formula is C12H17N5O2. The smallest absolute Gasteiger partial charge is 0.349 e. The van der Waals surface area contributed by atoms with Gasteiger partial charge in [0.1, 0.15) is 11.6 Å². The molecule has 0 aliphatic carbocycles. The summed E-state index contributed by atoms with van der Waals surface area (Å²) in [5.41, 5.74) is 0.304. The molecule has 2 unspecified atom stereocenters. The minimum atomic E-state index is -0.265. The van der Waals surface area contributed by atoms with Crippen molar-refractivity contribution in [3.63, 3.8) is 0 Å². The van der Waals surface area contributed by atoms with Crippen LogP contribution in [0.2, 0.25) is 0 Å². The molecule has 19 heavy (non-hydrogen) atoms. The minimum Gasteiger partial charge on any atom is -0.376 e. The molecule has 2 aromatic heterocycles. The van der Waals surface area contributed by atoms with E-state index in [2.05, 4.69) is 27.4 Å². The summed E-state index contributed by atoms with van der Waals surface area (Å²) >= 11 is 0. The summed E-state index contributed by atoms with van der Waals surface area (Å²) in [5, 5.41) is 9.70. The van der Waals surface area contributed by atoms with Crippen molar-refractivity contribution in [2.45, 2.75) is 38.8 Å². The third-order valence-electron chi connectivity index (χ3n) is 3.47. The average Bonchev–Trinajstić information content (AvgIpc) is 2.99. The predicted molar refractivity (Wildman–Crippen MR) is 70.4 cm³/mol. The summed E-state index contributed by atoms with van der Waals surface area (Å²) < 4.78 is 7.09. The number of hydrogen-bond acceptors (Lipinski definition) is 5. The van der Waals surface area contributed by atoms with Gasteiger partial charge in [-0.3, -0.25) is 0 Å². The van der Waals surface area contributed by atoms with Crippen molar-refractivity contribution in [3.05, 3.63) is 22.4 Å². The highest BCUT2D eigenvalue weighted by molar-refractivity contribution is 5.50. The summed E-state index contributed by atoms with van der Waals surface area (Å²) in [6.45, 7) is 4.69. The Kier molecular flexibility index (Phi) is 2.98. The Bertz CT molecular complexity index is 641. The first-order valence-corrected chi connectivity index (χ1v) is 6.48. The number of fused-ring (bicyclic) bond motifs is 1. The largest absolute Gasteiger partial charge is 0.376 e. The van der Waals surface area contributed by atoms with Gasteiger partial charge in [0.25, 0.3) is 0 Å². The van der Waals surface area contributed by atoms with E-state index < -0.39 is 0 Å². The normalized spacial score (nSPS) is 20.8. The van der Waals surface area contributed by atoms with Crippen molar-refractivity contribution in [2.75, 3.05) is 11.9 Å². The number of rotatable bonds is 3. The molecule has 2 N–H and O–H groups in total. The fraction of sp³-hybridized carbons (Fsp3) is 0.583. The van der Waals surface area contributed by atoms with Crippen molar-refractivity contribution in [1.82, 2.24) is 19.6 Å². The molecule has 0 aromatic carbocycles. The lowest BCUT2D eigenvalue weighted by Gasteiger charge is -2.20. The second kappa shape index (κ2) is 4.65. The number of ether oxygens (including phenoxy) is 1. The van der Waals surface area contributed by atoms with Crippen molar-refractivity contribution in [2.24, 2.45) is 0 Å². The molecule has 3 rings (SSSR count). The summed E-state index contributed by atoms with van der Waals surface area (Å²) in [7, 11) is 0. The Morgan fingerprint density at radius 1 is 1.63 bits per heavy atom. The molecule has 7 heteroatoms. The van der Waals surface area contributed by atoms with Crippen molar-refractivity contribution in [1.29, 1.82) is 0 Å². The van der Waals surface area contributed by atoms with Gasteiger partial charge in [-0.2, -0.15) is 5.10 Å². The van der Waals surface area contributed by atoms with Gasteiger partial charge in [-0.25, -0.2) is 19.3 Å². The fourth-order valence-electron chi connectivity index (χ4n) is 2.49. The molecular weight excluding hydrogens is 246 g/mol. The lowest BCUT2D eigenvalue weighted by atomic mass is 10.1. The van der Waals surface area contributed by atoms with Gasteiger partial charge in [0, 0.05) is 12.7 Å². The molecule has 0 bridgehead atoms. The van der Waals surface area contributed by atoms with Crippen LogP contribution in [0.5, 0.6) is 0 Å². The third kappa shape index (κ3) is 2.21. The van der Waals surface area contributed by atoms with Gasteiger partial charge >= 0.3 is 5.69 Å². The molecule has 3 heterocycles. The number of hydrogen-bond donors (Lipinski definition) is 2. The summed E-state index contributed by atoms with van der Waals surface area (Å²) in [6.07, 6.45) is 2.40. The molecule has 0 amide bonds. The molecule has 1 saturated heterocycles. The van der Waals surface area contributed by atoms with Crippen molar-refractivity contribution in [3.8, 4) is 0 Å². The molecule has 2 atom stereocenters. The third-order valence-corrected chi connectivity index (χ3v) is 3.47. The Morgan fingerprint density at radius 3 is 3.21 bits per heavy atom. The van der Waals surface area contributed by atoms with Crippen LogP contribution < -0.4 is 11.0 Å². The van der Waals surface area contributed by atoms with Crippen LogP contribution in [0.3, 0.4) is 0 Å². The maximum atomic E-state index is 11.5. The van der Waals surface area contributed by atoms with Crippen LogP contribution in [0, 0.1) is 6.92 Å². The molecule has 0 radical (unpaired) electrons. The van der Waals surface area contributed by atoms with Crippen LogP contribution in [-0.4, -0.2) is 38.3 Å². The van der Waals surface area contributed by atoms with E-state index >= 15 is 0 Å². The van der Waals surface area contributed by atoms with E-state index in [-0.39, 0.29) is 17.8 Å². The van der Waals surface area contributed by atoms with Crippen LogP contribution in [-0.2, 0) is 4.74 Å². The quantitative estimate of drug-likeness (QED) is 0.851. The first-order valence-electron chi connectivity index (χ1n) is 6.48. The first-order chi connectivity index (χ1) is 9.15. The standard InChI is InChI=1S/C12H17N5O2/c1-7(9-4-3-5-19-9)13-10-6-11-15-16-12(18)17(11)8(2)14-10/h6-7,9,13H,3-5H2,1-2H3,(H,16,18). The highest BCUT2D eigenvalue weighted by atomic mass is 16.5. The fourth-order valence-corrected chi connectivity index (χ4v) is 2.49. The lowest BCUT2D eigenvalue weighted by Crippen LogP contribution is -2.30. The van der Waals surface area contributed by atoms with E-state index in [1.165, 1.54) is 4.40 Å². The van der Waals surface area contributed by atoms with E-state index in [9.17, 15) is 4.79 Å². The van der Waals surface area contributed by atoms with E-state index in [0.29, 0.717) is 17.3 Å². The Balaban J connectivity index is 1.86. The highest BCUT2D eigenvalue weighted by Gasteiger charge is 2.22. The van der Waals surface area contributed by atoms with E-state index in [0.717, 1.165) is 19.4 Å².